The highest BCUT2D eigenvalue weighted by atomic mass is 31.2. The molecule has 150 valence electrons. The van der Waals surface area contributed by atoms with E-state index in [0.29, 0.717) is 0 Å². The van der Waals surface area contributed by atoms with Crippen molar-refractivity contribution in [1.29, 1.82) is 0 Å². The van der Waals surface area contributed by atoms with E-state index in [1.807, 2.05) is 6.92 Å². The summed E-state index contributed by atoms with van der Waals surface area (Å²) in [5, 5.41) is 8.95. The highest BCUT2D eigenvalue weighted by molar-refractivity contribution is 7.46. The topological polar surface area (TPSA) is 113 Å². The van der Waals surface area contributed by atoms with Crippen molar-refractivity contribution >= 4 is 13.8 Å². The maximum Gasteiger partial charge on any atom is 0.469 e. The van der Waals surface area contributed by atoms with Crippen LogP contribution < -0.4 is 0 Å². The quantitative estimate of drug-likeness (QED) is 0.322. The number of allylic oxidation sites excluding steroid dienone is 5. The van der Waals surface area contributed by atoms with E-state index in [-0.39, 0.29) is 6.61 Å². The normalized spacial score (nSPS) is 14.2. The van der Waals surface area contributed by atoms with Gasteiger partial charge in [0, 0.05) is 0 Å². The Morgan fingerprint density at radius 3 is 2.04 bits per heavy atom. The van der Waals surface area contributed by atoms with Crippen molar-refractivity contribution in [3.63, 3.8) is 0 Å². The number of phosphoric acid groups is 1. The number of ether oxygens (including phenoxy) is 1. The summed E-state index contributed by atoms with van der Waals surface area (Å²) in [7, 11) is -4.72. The predicted octanol–water partition coefficient (Wildman–Crippen LogP) is 3.98. The van der Waals surface area contributed by atoms with E-state index in [2.05, 4.69) is 37.4 Å². The summed E-state index contributed by atoms with van der Waals surface area (Å²) in [6, 6.07) is 0. The number of phosphoric ester groups is 1. The van der Waals surface area contributed by atoms with Crippen LogP contribution in [-0.4, -0.2) is 40.2 Å². The molecule has 0 aromatic heterocycles. The Bertz CT molecular complexity index is 568. The van der Waals surface area contributed by atoms with Gasteiger partial charge in [-0.2, -0.15) is 0 Å². The van der Waals surface area contributed by atoms with Crippen LogP contribution in [0.5, 0.6) is 0 Å². The maximum absolute atomic E-state index is 11.0. The van der Waals surface area contributed by atoms with Crippen LogP contribution in [0.25, 0.3) is 0 Å². The molecular weight excluding hydrogens is 359 g/mol. The highest BCUT2D eigenvalue weighted by Gasteiger charge is 2.23. The lowest BCUT2D eigenvalue weighted by Crippen LogP contribution is -2.29. The Morgan fingerprint density at radius 1 is 1.00 bits per heavy atom. The summed E-state index contributed by atoms with van der Waals surface area (Å²) in [6.45, 7) is 7.54. The second-order valence-electron chi connectivity index (χ2n) is 6.41. The van der Waals surface area contributed by atoms with Gasteiger partial charge in [0.15, 0.2) is 6.10 Å². The van der Waals surface area contributed by atoms with E-state index in [1.165, 1.54) is 11.1 Å². The molecule has 0 aliphatic carbocycles. The predicted molar refractivity (Wildman–Crippen MR) is 101 cm³/mol. The first kappa shape index (κ1) is 24.8. The van der Waals surface area contributed by atoms with Gasteiger partial charge in [-0.1, -0.05) is 34.9 Å². The first-order valence-corrected chi connectivity index (χ1v) is 10.0. The Morgan fingerprint density at radius 2 is 1.54 bits per heavy atom. The van der Waals surface area contributed by atoms with E-state index < -0.39 is 26.5 Å². The molecule has 0 amide bonds. The van der Waals surface area contributed by atoms with E-state index in [0.717, 1.165) is 31.3 Å². The van der Waals surface area contributed by atoms with Crippen LogP contribution in [0.3, 0.4) is 0 Å². The van der Waals surface area contributed by atoms with E-state index >= 15 is 0 Å². The molecule has 0 saturated heterocycles. The number of rotatable bonds is 13. The third kappa shape index (κ3) is 15.0. The Hall–Kier alpha value is -1.24. The molecule has 0 heterocycles. The molecule has 0 bridgehead atoms. The lowest BCUT2D eigenvalue weighted by molar-refractivity contribution is -0.151. The minimum Gasteiger partial charge on any atom is -0.479 e. The molecule has 3 N–H and O–H groups in total. The van der Waals surface area contributed by atoms with Gasteiger partial charge in [0.2, 0.25) is 0 Å². The fourth-order valence-electron chi connectivity index (χ4n) is 2.00. The van der Waals surface area contributed by atoms with Crippen molar-refractivity contribution in [3.8, 4) is 0 Å². The number of carbonyl (C=O) groups is 1. The number of carboxylic acid groups (broad SMARTS) is 1. The fourth-order valence-corrected chi connectivity index (χ4v) is 2.33. The van der Waals surface area contributed by atoms with Crippen LogP contribution in [0.1, 0.15) is 53.4 Å². The summed E-state index contributed by atoms with van der Waals surface area (Å²) in [5.74, 6) is -1.33. The van der Waals surface area contributed by atoms with Crippen LogP contribution in [-0.2, 0) is 18.6 Å². The zero-order valence-electron chi connectivity index (χ0n) is 16.0. The van der Waals surface area contributed by atoms with E-state index in [9.17, 15) is 9.36 Å². The zero-order valence-corrected chi connectivity index (χ0v) is 16.9. The van der Waals surface area contributed by atoms with Crippen molar-refractivity contribution in [2.24, 2.45) is 0 Å². The Balaban J connectivity index is 4.24. The van der Waals surface area contributed by atoms with Crippen LogP contribution in [0.2, 0.25) is 0 Å². The van der Waals surface area contributed by atoms with Crippen LogP contribution >= 0.6 is 7.82 Å². The maximum atomic E-state index is 11.0. The van der Waals surface area contributed by atoms with Crippen molar-refractivity contribution in [2.75, 3.05) is 13.2 Å². The van der Waals surface area contributed by atoms with Gasteiger partial charge in [-0.15, -0.1) is 0 Å². The van der Waals surface area contributed by atoms with Gasteiger partial charge >= 0.3 is 13.8 Å². The lowest BCUT2D eigenvalue weighted by atomic mass is 10.1. The van der Waals surface area contributed by atoms with Crippen LogP contribution in [0.15, 0.2) is 34.9 Å². The molecule has 0 aromatic rings. The molecule has 1 atom stereocenters. The smallest absolute Gasteiger partial charge is 0.469 e. The zero-order chi connectivity index (χ0) is 20.2. The van der Waals surface area contributed by atoms with Gasteiger partial charge in [0.1, 0.15) is 0 Å². The number of hydrogen-bond donors (Lipinski definition) is 3. The van der Waals surface area contributed by atoms with Crippen LogP contribution in [0, 0.1) is 0 Å². The second kappa shape index (κ2) is 13.0. The minimum atomic E-state index is -4.72. The van der Waals surface area contributed by atoms with Gasteiger partial charge in [-0.05, 0) is 53.4 Å². The van der Waals surface area contributed by atoms with Gasteiger partial charge in [0.05, 0.1) is 13.2 Å². The molecule has 0 aliphatic rings. The summed E-state index contributed by atoms with van der Waals surface area (Å²) >= 11 is 0. The Kier molecular flexibility index (Phi) is 12.4. The van der Waals surface area contributed by atoms with Crippen molar-refractivity contribution in [3.05, 3.63) is 34.9 Å². The molecule has 0 rings (SSSR count). The molecule has 0 unspecified atom stereocenters. The Labute approximate surface area is 155 Å². The standard InChI is InChI=1S/C18H31O7P/c1-14(2)7-5-8-15(3)9-6-10-16(4)11-12-24-17(18(19)20)13-25-26(21,22)23/h7,9,11,17H,5-6,8,10,12-13H2,1-4H3,(H,19,20)(H2,21,22,23)/b15-9+,16-11-/t17-/m0/s1. The summed E-state index contributed by atoms with van der Waals surface area (Å²) in [6.07, 6.45) is 8.56. The highest BCUT2D eigenvalue weighted by Crippen LogP contribution is 2.35. The van der Waals surface area contributed by atoms with E-state index in [4.69, 9.17) is 19.6 Å². The summed E-state index contributed by atoms with van der Waals surface area (Å²) in [4.78, 5) is 28.2. The van der Waals surface area contributed by atoms with Crippen molar-refractivity contribution < 1.29 is 33.5 Å². The van der Waals surface area contributed by atoms with E-state index in [1.54, 1.807) is 6.08 Å². The van der Waals surface area contributed by atoms with Crippen LogP contribution in [0.4, 0.5) is 0 Å². The molecule has 26 heavy (non-hydrogen) atoms. The fraction of sp³-hybridized carbons (Fsp3) is 0.611. The molecule has 0 fully saturated rings. The van der Waals surface area contributed by atoms with Gasteiger partial charge in [-0.25, -0.2) is 9.36 Å². The third-order valence-corrected chi connectivity index (χ3v) is 4.01. The van der Waals surface area contributed by atoms with Gasteiger partial charge in [-0.3, -0.25) is 4.52 Å². The largest absolute Gasteiger partial charge is 0.479 e. The number of aliphatic carboxylic acids is 1. The third-order valence-electron chi connectivity index (χ3n) is 3.52. The summed E-state index contributed by atoms with van der Waals surface area (Å²) in [5.41, 5.74) is 3.72. The molecule has 7 nitrogen and oxygen atoms in total. The van der Waals surface area contributed by atoms with Crippen molar-refractivity contribution in [2.45, 2.75) is 59.5 Å². The molecule has 0 spiro atoms. The lowest BCUT2D eigenvalue weighted by Gasteiger charge is -2.13. The molecule has 0 saturated carbocycles. The minimum absolute atomic E-state index is 0.0383. The average Bonchev–Trinajstić information content (AvgIpc) is 2.48. The number of hydrogen-bond acceptors (Lipinski definition) is 4. The van der Waals surface area contributed by atoms with Gasteiger partial charge < -0.3 is 19.6 Å². The van der Waals surface area contributed by atoms with Crippen molar-refractivity contribution in [1.82, 2.24) is 0 Å². The molecule has 8 heteroatoms. The molecule has 0 aromatic carbocycles. The first-order chi connectivity index (χ1) is 12.0. The second-order valence-corrected chi connectivity index (χ2v) is 7.65. The average molecular weight is 390 g/mol. The molecular formula is C18H31O7P. The SMILES string of the molecule is CC(C)=CCC/C(C)=C/CC/C(C)=C\CO[C@@H](COP(=O)(O)O)C(=O)O. The first-order valence-electron chi connectivity index (χ1n) is 8.50. The van der Waals surface area contributed by atoms with Gasteiger partial charge in [0.25, 0.3) is 0 Å². The summed E-state index contributed by atoms with van der Waals surface area (Å²) < 4.78 is 19.9. The number of carboxylic acids is 1. The molecule has 0 aliphatic heterocycles. The monoisotopic (exact) mass is 390 g/mol. The molecule has 0 radical (unpaired) electrons.